The van der Waals surface area contributed by atoms with Crippen molar-refractivity contribution in [2.75, 3.05) is 26.3 Å². The summed E-state index contributed by atoms with van der Waals surface area (Å²) in [4.78, 5) is 12.9. The van der Waals surface area contributed by atoms with Crippen LogP contribution in [0.4, 0.5) is 8.78 Å². The van der Waals surface area contributed by atoms with Crippen LogP contribution in [0.2, 0.25) is 0 Å². The van der Waals surface area contributed by atoms with Crippen LogP contribution in [0.1, 0.15) is 23.0 Å². The number of aliphatic hydroxyl groups is 1. The van der Waals surface area contributed by atoms with Gasteiger partial charge in [-0.3, -0.25) is 4.90 Å². The van der Waals surface area contributed by atoms with Crippen molar-refractivity contribution >= 4 is 5.97 Å². The zero-order valence-electron chi connectivity index (χ0n) is 10.6. The molecule has 1 aromatic heterocycles. The molecule has 1 N–H and O–H groups in total. The van der Waals surface area contributed by atoms with E-state index in [0.29, 0.717) is 0 Å². The zero-order chi connectivity index (χ0) is 14.3. The van der Waals surface area contributed by atoms with Crippen molar-refractivity contribution < 1.29 is 27.8 Å². The van der Waals surface area contributed by atoms with Gasteiger partial charge in [0.2, 0.25) is 0 Å². The number of carbonyl (C=O) groups is 1. The second-order valence-corrected chi connectivity index (χ2v) is 3.83. The summed E-state index contributed by atoms with van der Waals surface area (Å²) in [6, 6.07) is 1.44. The number of hydrogen-bond donors (Lipinski definition) is 1. The third-order valence-corrected chi connectivity index (χ3v) is 2.42. The topological polar surface area (TPSA) is 62.9 Å². The van der Waals surface area contributed by atoms with Gasteiger partial charge in [0.1, 0.15) is 11.3 Å². The van der Waals surface area contributed by atoms with E-state index in [0.717, 1.165) is 0 Å². The number of rotatable bonds is 8. The van der Waals surface area contributed by atoms with E-state index in [4.69, 9.17) is 14.3 Å². The fourth-order valence-electron chi connectivity index (χ4n) is 1.63. The SMILES string of the molecule is CCOC(=O)c1ccoc1CN(CCO)CC(F)F. The van der Waals surface area contributed by atoms with Gasteiger partial charge in [0.15, 0.2) is 0 Å². The maximum atomic E-state index is 12.4. The van der Waals surface area contributed by atoms with Crippen molar-refractivity contribution in [3.05, 3.63) is 23.7 Å². The van der Waals surface area contributed by atoms with Crippen LogP contribution in [0.15, 0.2) is 16.7 Å². The van der Waals surface area contributed by atoms with Gasteiger partial charge in [-0.15, -0.1) is 0 Å². The molecule has 0 radical (unpaired) electrons. The first kappa shape index (κ1) is 15.6. The van der Waals surface area contributed by atoms with Crippen molar-refractivity contribution in [1.29, 1.82) is 0 Å². The van der Waals surface area contributed by atoms with Gasteiger partial charge in [-0.1, -0.05) is 0 Å². The van der Waals surface area contributed by atoms with E-state index in [1.165, 1.54) is 17.2 Å². The fraction of sp³-hybridized carbons (Fsp3) is 0.583. The number of carbonyl (C=O) groups excluding carboxylic acids is 1. The third kappa shape index (κ3) is 4.96. The number of nitrogens with zero attached hydrogens (tertiary/aromatic N) is 1. The van der Waals surface area contributed by atoms with Crippen molar-refractivity contribution in [2.24, 2.45) is 0 Å². The molecule has 1 rings (SSSR count). The second kappa shape index (κ2) is 7.85. The normalized spacial score (nSPS) is 11.3. The number of ether oxygens (including phenoxy) is 1. The van der Waals surface area contributed by atoms with Crippen molar-refractivity contribution in [2.45, 2.75) is 19.9 Å². The quantitative estimate of drug-likeness (QED) is 0.730. The minimum absolute atomic E-state index is 0.0199. The van der Waals surface area contributed by atoms with Crippen LogP contribution in [0.3, 0.4) is 0 Å². The summed E-state index contributed by atoms with van der Waals surface area (Å²) in [5, 5.41) is 8.83. The Balaban J connectivity index is 2.73. The van der Waals surface area contributed by atoms with Gasteiger partial charge < -0.3 is 14.3 Å². The first-order chi connectivity index (χ1) is 9.08. The number of esters is 1. The van der Waals surface area contributed by atoms with Crippen molar-refractivity contribution in [3.8, 4) is 0 Å². The maximum Gasteiger partial charge on any atom is 0.341 e. The zero-order valence-corrected chi connectivity index (χ0v) is 10.6. The number of aliphatic hydroxyl groups excluding tert-OH is 1. The van der Waals surface area contributed by atoms with E-state index in [1.807, 2.05) is 0 Å². The molecule has 0 aliphatic rings. The van der Waals surface area contributed by atoms with Gasteiger partial charge in [-0.05, 0) is 13.0 Å². The molecule has 0 saturated carbocycles. The van der Waals surface area contributed by atoms with Gasteiger partial charge in [0, 0.05) is 6.54 Å². The van der Waals surface area contributed by atoms with E-state index >= 15 is 0 Å². The summed E-state index contributed by atoms with van der Waals surface area (Å²) in [5.74, 6) is -0.292. The molecule has 0 atom stereocenters. The lowest BCUT2D eigenvalue weighted by Crippen LogP contribution is -2.31. The molecule has 5 nitrogen and oxygen atoms in total. The van der Waals surface area contributed by atoms with Crippen LogP contribution < -0.4 is 0 Å². The Kier molecular flexibility index (Phi) is 6.44. The summed E-state index contributed by atoms with van der Waals surface area (Å²) in [7, 11) is 0. The van der Waals surface area contributed by atoms with Crippen molar-refractivity contribution in [1.82, 2.24) is 4.90 Å². The first-order valence-electron chi connectivity index (χ1n) is 5.93. The number of hydrogen-bond acceptors (Lipinski definition) is 5. The van der Waals surface area contributed by atoms with Crippen LogP contribution in [-0.4, -0.2) is 48.7 Å². The Bertz CT molecular complexity index is 395. The maximum absolute atomic E-state index is 12.4. The smallest absolute Gasteiger partial charge is 0.341 e. The average molecular weight is 277 g/mol. The van der Waals surface area contributed by atoms with Gasteiger partial charge in [0.25, 0.3) is 6.43 Å². The number of alkyl halides is 2. The largest absolute Gasteiger partial charge is 0.467 e. The molecule has 19 heavy (non-hydrogen) atoms. The van der Waals surface area contributed by atoms with Crippen molar-refractivity contribution in [3.63, 3.8) is 0 Å². The Morgan fingerprint density at radius 3 is 2.89 bits per heavy atom. The van der Waals surface area contributed by atoms with Gasteiger partial charge in [0.05, 0.1) is 32.6 Å². The minimum Gasteiger partial charge on any atom is -0.467 e. The van der Waals surface area contributed by atoms with Crippen LogP contribution in [0.25, 0.3) is 0 Å². The highest BCUT2D eigenvalue weighted by Gasteiger charge is 2.20. The third-order valence-electron chi connectivity index (χ3n) is 2.42. The highest BCUT2D eigenvalue weighted by Crippen LogP contribution is 2.15. The lowest BCUT2D eigenvalue weighted by atomic mass is 10.2. The average Bonchev–Trinajstić information content (AvgIpc) is 2.77. The molecule has 0 fully saturated rings. The standard InChI is InChI=1S/C12H17F2NO4/c1-2-18-12(17)9-3-6-19-10(9)7-15(4-5-16)8-11(13)14/h3,6,11,16H,2,4-5,7-8H2,1H3. The number of halogens is 2. The summed E-state index contributed by atoms with van der Waals surface area (Å²) in [5.41, 5.74) is 0.221. The van der Waals surface area contributed by atoms with E-state index < -0.39 is 18.9 Å². The summed E-state index contributed by atoms with van der Waals surface area (Å²) in [6.07, 6.45) is -1.21. The Labute approximate surface area is 109 Å². The first-order valence-corrected chi connectivity index (χ1v) is 5.93. The summed E-state index contributed by atoms with van der Waals surface area (Å²) >= 11 is 0. The molecule has 1 aromatic rings. The lowest BCUT2D eigenvalue weighted by molar-refractivity contribution is 0.0517. The molecule has 0 saturated heterocycles. The molecule has 0 aliphatic heterocycles. The van der Waals surface area contributed by atoms with E-state index in [1.54, 1.807) is 6.92 Å². The Hall–Kier alpha value is -1.47. The minimum atomic E-state index is -2.52. The highest BCUT2D eigenvalue weighted by atomic mass is 19.3. The molecular formula is C12H17F2NO4. The molecule has 1 heterocycles. The molecular weight excluding hydrogens is 260 g/mol. The van der Waals surface area contributed by atoms with Gasteiger partial charge >= 0.3 is 5.97 Å². The Morgan fingerprint density at radius 1 is 1.58 bits per heavy atom. The summed E-state index contributed by atoms with van der Waals surface area (Å²) < 4.78 is 34.7. The van der Waals surface area contributed by atoms with Crippen LogP contribution >= 0.6 is 0 Å². The molecule has 0 unspecified atom stereocenters. The molecule has 0 aromatic carbocycles. The predicted octanol–water partition coefficient (Wildman–Crippen LogP) is 1.52. The van der Waals surface area contributed by atoms with Gasteiger partial charge in [-0.25, -0.2) is 13.6 Å². The van der Waals surface area contributed by atoms with Gasteiger partial charge in [-0.2, -0.15) is 0 Å². The van der Waals surface area contributed by atoms with E-state index in [9.17, 15) is 13.6 Å². The molecule has 0 bridgehead atoms. The molecule has 0 spiro atoms. The molecule has 7 heteroatoms. The highest BCUT2D eigenvalue weighted by molar-refractivity contribution is 5.90. The Morgan fingerprint density at radius 2 is 2.32 bits per heavy atom. The van der Waals surface area contributed by atoms with Crippen LogP contribution in [0.5, 0.6) is 0 Å². The summed E-state index contributed by atoms with van der Waals surface area (Å²) in [6.45, 7) is 1.25. The predicted molar refractivity (Wildman–Crippen MR) is 63.0 cm³/mol. The van der Waals surface area contributed by atoms with Crippen LogP contribution in [-0.2, 0) is 11.3 Å². The monoisotopic (exact) mass is 277 g/mol. The van der Waals surface area contributed by atoms with E-state index in [-0.39, 0.29) is 37.6 Å². The fourth-order valence-corrected chi connectivity index (χ4v) is 1.63. The molecule has 0 aliphatic carbocycles. The second-order valence-electron chi connectivity index (χ2n) is 3.83. The van der Waals surface area contributed by atoms with E-state index in [2.05, 4.69) is 0 Å². The lowest BCUT2D eigenvalue weighted by Gasteiger charge is -2.19. The molecule has 108 valence electrons. The van der Waals surface area contributed by atoms with Crippen LogP contribution in [0, 0.1) is 0 Å². The number of furan rings is 1. The molecule has 0 amide bonds.